The predicted octanol–water partition coefficient (Wildman–Crippen LogP) is 4.36. The van der Waals surface area contributed by atoms with Crippen molar-refractivity contribution in [2.75, 3.05) is 0 Å². The molecule has 0 aliphatic rings. The van der Waals surface area contributed by atoms with Crippen LogP contribution in [-0.2, 0) is 19.7 Å². The predicted molar refractivity (Wildman–Crippen MR) is 102 cm³/mol. The highest BCUT2D eigenvalue weighted by molar-refractivity contribution is 7.92. The molecule has 0 aliphatic carbocycles. The van der Waals surface area contributed by atoms with Crippen molar-refractivity contribution >= 4 is 42.9 Å². The number of hydrogen-bond acceptors (Lipinski definition) is 5. The van der Waals surface area contributed by atoms with Crippen molar-refractivity contribution in [3.05, 3.63) is 76.8 Å². The van der Waals surface area contributed by atoms with E-state index < -0.39 is 30.3 Å². The van der Waals surface area contributed by atoms with E-state index in [0.29, 0.717) is 10.0 Å². The van der Waals surface area contributed by atoms with Crippen LogP contribution >= 0.6 is 23.2 Å². The van der Waals surface area contributed by atoms with Gasteiger partial charge in [0.2, 0.25) is 19.7 Å². The molecular weight excluding hydrogens is 431 g/mol. The minimum Gasteiger partial charge on any atom is -0.507 e. The number of halogens is 2. The van der Waals surface area contributed by atoms with Crippen molar-refractivity contribution in [1.29, 1.82) is 0 Å². The Kier molecular flexibility index (Phi) is 5.22. The molecule has 0 bridgehead atoms. The smallest absolute Gasteiger partial charge is 0.210 e. The molecule has 140 valence electrons. The molecule has 0 saturated carbocycles. The SMILES string of the molecule is O=S(=O)(c1ccc(Cl)cc1)c1ccc(O)c(S(=O)(=O)c2ccc(Cl)cc2)c1. The highest BCUT2D eigenvalue weighted by Crippen LogP contribution is 2.33. The molecule has 0 atom stereocenters. The summed E-state index contributed by atoms with van der Waals surface area (Å²) in [5.41, 5.74) is 0. The van der Waals surface area contributed by atoms with Crippen molar-refractivity contribution in [2.24, 2.45) is 0 Å². The van der Waals surface area contributed by atoms with Gasteiger partial charge in [0.25, 0.3) is 0 Å². The van der Waals surface area contributed by atoms with E-state index in [0.717, 1.165) is 18.2 Å². The van der Waals surface area contributed by atoms with Gasteiger partial charge in [-0.1, -0.05) is 23.2 Å². The molecule has 3 aromatic rings. The summed E-state index contributed by atoms with van der Waals surface area (Å²) in [7, 11) is -8.15. The van der Waals surface area contributed by atoms with Gasteiger partial charge in [-0.25, -0.2) is 16.8 Å². The Morgan fingerprint density at radius 3 is 1.48 bits per heavy atom. The Morgan fingerprint density at radius 1 is 0.593 bits per heavy atom. The molecule has 0 amide bonds. The van der Waals surface area contributed by atoms with Crippen LogP contribution in [0, 0.1) is 0 Å². The highest BCUT2D eigenvalue weighted by Gasteiger charge is 2.26. The maximum Gasteiger partial charge on any atom is 0.210 e. The zero-order valence-corrected chi connectivity index (χ0v) is 16.6. The molecule has 0 spiro atoms. The summed E-state index contributed by atoms with van der Waals surface area (Å²) >= 11 is 11.5. The Hall–Kier alpha value is -2.06. The molecule has 0 aromatic heterocycles. The van der Waals surface area contributed by atoms with Gasteiger partial charge in [-0.15, -0.1) is 0 Å². The summed E-state index contributed by atoms with van der Waals surface area (Å²) in [4.78, 5) is -0.953. The fraction of sp³-hybridized carbons (Fsp3) is 0. The number of phenolic OH excluding ortho intramolecular Hbond substituents is 1. The topological polar surface area (TPSA) is 88.5 Å². The molecule has 5 nitrogen and oxygen atoms in total. The van der Waals surface area contributed by atoms with Crippen molar-refractivity contribution < 1.29 is 21.9 Å². The van der Waals surface area contributed by atoms with Crippen LogP contribution in [0.4, 0.5) is 0 Å². The third-order valence-corrected chi connectivity index (χ3v) is 7.85. The molecule has 27 heavy (non-hydrogen) atoms. The van der Waals surface area contributed by atoms with Crippen LogP contribution in [0.1, 0.15) is 0 Å². The quantitative estimate of drug-likeness (QED) is 0.647. The van der Waals surface area contributed by atoms with E-state index in [1.54, 1.807) is 0 Å². The van der Waals surface area contributed by atoms with Crippen LogP contribution in [0.2, 0.25) is 10.0 Å². The molecule has 0 fully saturated rings. The standard InChI is InChI=1S/C18H12Cl2O5S2/c19-12-1-5-14(6-2-12)26(22,23)16-9-10-17(21)18(11-16)27(24,25)15-7-3-13(20)4-8-15/h1-11,21H. The second-order valence-corrected chi connectivity index (χ2v) is 10.3. The minimum atomic E-state index is -4.15. The molecule has 9 heteroatoms. The summed E-state index contributed by atoms with van der Waals surface area (Å²) in [6.45, 7) is 0. The normalized spacial score (nSPS) is 12.1. The zero-order chi connectivity index (χ0) is 19.8. The van der Waals surface area contributed by atoms with Crippen molar-refractivity contribution in [3.8, 4) is 5.75 Å². The maximum absolute atomic E-state index is 12.8. The number of phenols is 1. The second-order valence-electron chi connectivity index (χ2n) is 5.54. The summed E-state index contributed by atoms with van der Waals surface area (Å²) in [6.07, 6.45) is 0. The van der Waals surface area contributed by atoms with E-state index >= 15 is 0 Å². The summed E-state index contributed by atoms with van der Waals surface area (Å²) in [5.74, 6) is -0.556. The van der Waals surface area contributed by atoms with E-state index in [-0.39, 0.29) is 14.7 Å². The van der Waals surface area contributed by atoms with Gasteiger partial charge in [0, 0.05) is 10.0 Å². The Balaban J connectivity index is 2.15. The first kappa shape index (κ1) is 19.7. The van der Waals surface area contributed by atoms with Crippen LogP contribution in [-0.4, -0.2) is 21.9 Å². The first-order chi connectivity index (χ1) is 12.6. The average Bonchev–Trinajstić information content (AvgIpc) is 2.62. The number of benzene rings is 3. The zero-order valence-electron chi connectivity index (χ0n) is 13.5. The van der Waals surface area contributed by atoms with E-state index in [2.05, 4.69) is 0 Å². The maximum atomic E-state index is 12.8. The second kappa shape index (κ2) is 7.16. The fourth-order valence-corrected chi connectivity index (χ4v) is 5.35. The van der Waals surface area contributed by atoms with E-state index in [4.69, 9.17) is 23.2 Å². The van der Waals surface area contributed by atoms with Crippen LogP contribution in [0.5, 0.6) is 5.75 Å². The van der Waals surface area contributed by atoms with Crippen LogP contribution in [0.3, 0.4) is 0 Å². The van der Waals surface area contributed by atoms with Gasteiger partial charge in [0.1, 0.15) is 10.6 Å². The average molecular weight is 443 g/mol. The number of hydrogen-bond donors (Lipinski definition) is 1. The summed E-state index contributed by atoms with van der Waals surface area (Å²) in [5, 5.41) is 10.8. The minimum absolute atomic E-state index is 0.0487. The number of rotatable bonds is 4. The Bertz CT molecular complexity index is 1200. The first-order valence-corrected chi connectivity index (χ1v) is 11.2. The third kappa shape index (κ3) is 3.82. The molecule has 0 heterocycles. The molecular formula is C18H12Cl2O5S2. The largest absolute Gasteiger partial charge is 0.507 e. The van der Waals surface area contributed by atoms with Gasteiger partial charge in [0.05, 0.1) is 14.7 Å². The van der Waals surface area contributed by atoms with Crippen LogP contribution in [0.25, 0.3) is 0 Å². The van der Waals surface area contributed by atoms with Gasteiger partial charge >= 0.3 is 0 Å². The summed E-state index contributed by atoms with van der Waals surface area (Å²) in [6, 6.07) is 13.9. The van der Waals surface area contributed by atoms with Crippen molar-refractivity contribution in [1.82, 2.24) is 0 Å². The molecule has 3 aromatic carbocycles. The van der Waals surface area contributed by atoms with Crippen molar-refractivity contribution in [3.63, 3.8) is 0 Å². The van der Waals surface area contributed by atoms with Crippen LogP contribution < -0.4 is 0 Å². The number of aromatic hydroxyl groups is 1. The Labute approximate surface area is 166 Å². The Morgan fingerprint density at radius 2 is 1.00 bits per heavy atom. The fourth-order valence-electron chi connectivity index (χ4n) is 2.37. The van der Waals surface area contributed by atoms with Gasteiger partial charge in [-0.3, -0.25) is 0 Å². The monoisotopic (exact) mass is 442 g/mol. The van der Waals surface area contributed by atoms with Gasteiger partial charge in [0.15, 0.2) is 0 Å². The van der Waals surface area contributed by atoms with Gasteiger partial charge in [-0.05, 0) is 66.7 Å². The van der Waals surface area contributed by atoms with Crippen LogP contribution in [0.15, 0.2) is 86.3 Å². The lowest BCUT2D eigenvalue weighted by atomic mass is 10.3. The van der Waals surface area contributed by atoms with Gasteiger partial charge in [-0.2, -0.15) is 0 Å². The van der Waals surface area contributed by atoms with E-state index in [1.807, 2.05) is 0 Å². The van der Waals surface area contributed by atoms with Crippen molar-refractivity contribution in [2.45, 2.75) is 19.6 Å². The molecule has 3 rings (SSSR count). The van der Waals surface area contributed by atoms with E-state index in [1.165, 1.54) is 48.5 Å². The molecule has 0 saturated heterocycles. The highest BCUT2D eigenvalue weighted by atomic mass is 35.5. The summed E-state index contributed by atoms with van der Waals surface area (Å²) < 4.78 is 51.2. The number of sulfone groups is 2. The lowest BCUT2D eigenvalue weighted by Crippen LogP contribution is -2.06. The third-order valence-electron chi connectivity index (χ3n) is 3.78. The van der Waals surface area contributed by atoms with Gasteiger partial charge < -0.3 is 5.11 Å². The molecule has 0 aliphatic heterocycles. The molecule has 0 unspecified atom stereocenters. The van der Waals surface area contributed by atoms with E-state index in [9.17, 15) is 21.9 Å². The lowest BCUT2D eigenvalue weighted by molar-refractivity contribution is 0.458. The lowest BCUT2D eigenvalue weighted by Gasteiger charge is -2.10. The molecule has 0 radical (unpaired) electrons. The molecule has 1 N–H and O–H groups in total. The first-order valence-electron chi connectivity index (χ1n) is 7.47.